The molecule has 0 radical (unpaired) electrons. The van der Waals surface area contributed by atoms with Crippen molar-refractivity contribution in [2.75, 3.05) is 0 Å². The zero-order valence-electron chi connectivity index (χ0n) is 10.9. The molecule has 0 rings (SSSR count). The normalized spacial score (nSPS) is 12.0. The van der Waals surface area contributed by atoms with E-state index in [-0.39, 0.29) is 0 Å². The summed E-state index contributed by atoms with van der Waals surface area (Å²) < 4.78 is 0. The molecule has 0 aliphatic carbocycles. The zero-order valence-corrected chi connectivity index (χ0v) is 13.8. The van der Waals surface area contributed by atoms with Gasteiger partial charge in [-0.25, -0.2) is 0 Å². The standard InChI is InChI=1S/C13H29ClGe/c1-4-6-8-10-12-15(3,14)13-11-9-7-5-2/h4-13H2,1-3H3. The molecule has 0 saturated carbocycles. The summed E-state index contributed by atoms with van der Waals surface area (Å²) in [7, 11) is 6.68. The fourth-order valence-electron chi connectivity index (χ4n) is 1.97. The molecule has 0 aliphatic rings. The summed E-state index contributed by atoms with van der Waals surface area (Å²) in [5.74, 6) is 2.40. The van der Waals surface area contributed by atoms with Crippen molar-refractivity contribution < 1.29 is 0 Å². The van der Waals surface area contributed by atoms with E-state index in [9.17, 15) is 0 Å². The Bertz CT molecular complexity index is 120. The Morgan fingerprint density at radius 3 is 1.47 bits per heavy atom. The predicted octanol–water partition coefficient (Wildman–Crippen LogP) is 5.96. The first-order valence-electron chi connectivity index (χ1n) is 6.81. The summed E-state index contributed by atoms with van der Waals surface area (Å²) >= 11 is -1.82. The van der Waals surface area contributed by atoms with Gasteiger partial charge in [-0.2, -0.15) is 0 Å². The van der Waals surface area contributed by atoms with Gasteiger partial charge >= 0.3 is 104 Å². The molecule has 0 atom stereocenters. The molecular formula is C13H29ClGe. The summed E-state index contributed by atoms with van der Waals surface area (Å²) in [6, 6.07) is 0. The van der Waals surface area contributed by atoms with Crippen LogP contribution in [-0.2, 0) is 0 Å². The Morgan fingerprint density at radius 2 is 1.13 bits per heavy atom. The third kappa shape index (κ3) is 11.1. The van der Waals surface area contributed by atoms with Gasteiger partial charge in [-0.3, -0.25) is 0 Å². The minimum atomic E-state index is -1.82. The van der Waals surface area contributed by atoms with Crippen molar-refractivity contribution in [2.24, 2.45) is 0 Å². The Morgan fingerprint density at radius 1 is 0.733 bits per heavy atom. The zero-order chi connectivity index (χ0) is 11.6. The Balaban J connectivity index is 3.40. The maximum atomic E-state index is 6.68. The third-order valence-corrected chi connectivity index (χ3v) is 10.9. The van der Waals surface area contributed by atoms with Gasteiger partial charge in [0.05, 0.1) is 0 Å². The van der Waals surface area contributed by atoms with E-state index in [1.165, 1.54) is 61.9 Å². The second-order valence-electron chi connectivity index (χ2n) is 5.03. The van der Waals surface area contributed by atoms with Gasteiger partial charge in [-0.1, -0.05) is 0 Å². The van der Waals surface area contributed by atoms with Crippen LogP contribution in [0.25, 0.3) is 0 Å². The van der Waals surface area contributed by atoms with Crippen molar-refractivity contribution in [3.8, 4) is 0 Å². The van der Waals surface area contributed by atoms with Crippen molar-refractivity contribution in [1.29, 1.82) is 0 Å². The number of unbranched alkanes of at least 4 members (excludes halogenated alkanes) is 6. The third-order valence-electron chi connectivity index (χ3n) is 3.10. The number of hydrogen-bond acceptors (Lipinski definition) is 0. The van der Waals surface area contributed by atoms with Crippen LogP contribution in [0.15, 0.2) is 0 Å². The molecule has 0 spiro atoms. The molecule has 0 bridgehead atoms. The second kappa shape index (κ2) is 10.0. The van der Waals surface area contributed by atoms with Crippen LogP contribution < -0.4 is 0 Å². The average molecular weight is 293 g/mol. The predicted molar refractivity (Wildman–Crippen MR) is 75.4 cm³/mol. The summed E-state index contributed by atoms with van der Waals surface area (Å²) in [5, 5.41) is 2.77. The molecule has 0 aromatic carbocycles. The van der Waals surface area contributed by atoms with E-state index in [1.54, 1.807) is 0 Å². The van der Waals surface area contributed by atoms with Gasteiger partial charge in [-0.05, 0) is 0 Å². The van der Waals surface area contributed by atoms with Gasteiger partial charge in [0.25, 0.3) is 0 Å². The molecule has 0 heterocycles. The SMILES string of the molecule is CCCCC[CH2][Ge]([CH3])([Cl])[CH2]CCCCC. The first kappa shape index (κ1) is 15.8. The van der Waals surface area contributed by atoms with Crippen molar-refractivity contribution >= 4 is 22.3 Å². The molecule has 0 N–H and O–H groups in total. The first-order chi connectivity index (χ1) is 7.12. The summed E-state index contributed by atoms with van der Waals surface area (Å²) in [6.45, 7) is 4.54. The fraction of sp³-hybridized carbons (Fsp3) is 1.00. The number of rotatable bonds is 10. The molecule has 0 aromatic rings. The van der Waals surface area contributed by atoms with Gasteiger partial charge in [-0.15, -0.1) is 0 Å². The molecule has 2 heteroatoms. The van der Waals surface area contributed by atoms with Crippen LogP contribution in [0.1, 0.15) is 65.2 Å². The van der Waals surface area contributed by atoms with Crippen LogP contribution in [0, 0.1) is 0 Å². The van der Waals surface area contributed by atoms with E-state index in [0.29, 0.717) is 0 Å². The molecule has 15 heavy (non-hydrogen) atoms. The van der Waals surface area contributed by atoms with Crippen LogP contribution >= 0.6 is 10.0 Å². The van der Waals surface area contributed by atoms with E-state index in [4.69, 9.17) is 10.0 Å². The minimum absolute atomic E-state index is 1.34. The van der Waals surface area contributed by atoms with Gasteiger partial charge in [0.2, 0.25) is 0 Å². The summed E-state index contributed by atoms with van der Waals surface area (Å²) in [4.78, 5) is 0. The Kier molecular flexibility index (Phi) is 10.6. The maximum absolute atomic E-state index is 6.68. The molecule has 0 aromatic heterocycles. The first-order valence-corrected chi connectivity index (χ1v) is 14.6. The monoisotopic (exact) mass is 294 g/mol. The summed E-state index contributed by atoms with van der Waals surface area (Å²) in [6.07, 6.45) is 11.0. The quantitative estimate of drug-likeness (QED) is 0.344. The fourth-order valence-corrected chi connectivity index (χ4v) is 8.02. The Labute approximate surface area is 104 Å². The van der Waals surface area contributed by atoms with Crippen LogP contribution in [0.5, 0.6) is 0 Å². The molecule has 0 amide bonds. The van der Waals surface area contributed by atoms with Crippen LogP contribution in [-0.4, -0.2) is 12.3 Å². The average Bonchev–Trinajstić information content (AvgIpc) is 2.20. The van der Waals surface area contributed by atoms with Gasteiger partial charge in [0, 0.05) is 0 Å². The van der Waals surface area contributed by atoms with Gasteiger partial charge < -0.3 is 0 Å². The van der Waals surface area contributed by atoms with Crippen LogP contribution in [0.4, 0.5) is 0 Å². The molecule has 0 saturated heterocycles. The van der Waals surface area contributed by atoms with E-state index < -0.39 is 12.3 Å². The van der Waals surface area contributed by atoms with E-state index in [2.05, 4.69) is 19.6 Å². The topological polar surface area (TPSA) is 0 Å². The molecule has 92 valence electrons. The van der Waals surface area contributed by atoms with Crippen LogP contribution in [0.3, 0.4) is 0 Å². The summed E-state index contributed by atoms with van der Waals surface area (Å²) in [5.41, 5.74) is 0. The molecule has 0 nitrogen and oxygen atoms in total. The van der Waals surface area contributed by atoms with E-state index in [0.717, 1.165) is 0 Å². The van der Waals surface area contributed by atoms with Crippen molar-refractivity contribution in [3.63, 3.8) is 0 Å². The van der Waals surface area contributed by atoms with Crippen LogP contribution in [0.2, 0.25) is 16.3 Å². The molecule has 0 aliphatic heterocycles. The van der Waals surface area contributed by atoms with Crippen molar-refractivity contribution in [1.82, 2.24) is 0 Å². The Hall–Kier alpha value is 0.833. The molecular weight excluding hydrogens is 264 g/mol. The number of hydrogen-bond donors (Lipinski definition) is 0. The number of halogens is 1. The molecule has 0 unspecified atom stereocenters. The second-order valence-corrected chi connectivity index (χ2v) is 17.8. The van der Waals surface area contributed by atoms with Crippen molar-refractivity contribution in [2.45, 2.75) is 81.5 Å². The van der Waals surface area contributed by atoms with Gasteiger partial charge in [0.1, 0.15) is 0 Å². The van der Waals surface area contributed by atoms with Crippen molar-refractivity contribution in [3.05, 3.63) is 0 Å². The van der Waals surface area contributed by atoms with E-state index in [1.807, 2.05) is 0 Å². The molecule has 0 fully saturated rings. The van der Waals surface area contributed by atoms with Gasteiger partial charge in [0.15, 0.2) is 0 Å². The van der Waals surface area contributed by atoms with E-state index >= 15 is 0 Å².